The Kier molecular flexibility index (Phi) is 7.97. The molecule has 5 heteroatoms. The SMILES string of the molecule is Cc1ccccc1CC(=O)NCCCc1nc2ccccc2n1CCCOc1ccccc1C. The zero-order valence-electron chi connectivity index (χ0n) is 20.1. The zero-order valence-corrected chi connectivity index (χ0v) is 20.1. The number of ether oxygens (including phenoxy) is 1. The number of nitrogens with zero attached hydrogens (tertiary/aromatic N) is 2. The summed E-state index contributed by atoms with van der Waals surface area (Å²) in [6.07, 6.45) is 2.99. The summed E-state index contributed by atoms with van der Waals surface area (Å²) in [5, 5.41) is 3.06. The first-order chi connectivity index (χ1) is 16.6. The maximum Gasteiger partial charge on any atom is 0.224 e. The number of hydrogen-bond donors (Lipinski definition) is 1. The molecule has 0 saturated carbocycles. The Labute approximate surface area is 201 Å². The molecule has 1 N–H and O–H groups in total. The van der Waals surface area contributed by atoms with Gasteiger partial charge < -0.3 is 14.6 Å². The molecule has 0 fully saturated rings. The largest absolute Gasteiger partial charge is 0.493 e. The average molecular weight is 456 g/mol. The fourth-order valence-corrected chi connectivity index (χ4v) is 4.21. The van der Waals surface area contributed by atoms with E-state index in [2.05, 4.69) is 41.1 Å². The highest BCUT2D eigenvalue weighted by atomic mass is 16.5. The van der Waals surface area contributed by atoms with Crippen LogP contribution < -0.4 is 10.1 Å². The lowest BCUT2D eigenvalue weighted by atomic mass is 10.1. The third kappa shape index (κ3) is 6.04. The molecule has 1 heterocycles. The van der Waals surface area contributed by atoms with Crippen LogP contribution in [0.25, 0.3) is 11.0 Å². The van der Waals surface area contributed by atoms with Crippen molar-refractivity contribution in [2.75, 3.05) is 13.2 Å². The van der Waals surface area contributed by atoms with Crippen molar-refractivity contribution in [3.63, 3.8) is 0 Å². The Hall–Kier alpha value is -3.60. The summed E-state index contributed by atoms with van der Waals surface area (Å²) in [4.78, 5) is 17.2. The fraction of sp³-hybridized carbons (Fsp3) is 0.310. The number of imidazole rings is 1. The van der Waals surface area contributed by atoms with Gasteiger partial charge in [-0.05, 0) is 61.6 Å². The van der Waals surface area contributed by atoms with Gasteiger partial charge in [-0.25, -0.2) is 4.98 Å². The number of amides is 1. The van der Waals surface area contributed by atoms with E-state index < -0.39 is 0 Å². The van der Waals surface area contributed by atoms with Crippen molar-refractivity contribution in [2.45, 2.75) is 46.1 Å². The van der Waals surface area contributed by atoms with E-state index in [0.717, 1.165) is 65.1 Å². The van der Waals surface area contributed by atoms with Gasteiger partial charge in [-0.1, -0.05) is 54.6 Å². The van der Waals surface area contributed by atoms with Crippen molar-refractivity contribution in [2.24, 2.45) is 0 Å². The Bertz CT molecular complexity index is 1250. The predicted molar refractivity (Wildman–Crippen MR) is 137 cm³/mol. The van der Waals surface area contributed by atoms with Gasteiger partial charge in [0.2, 0.25) is 5.91 Å². The Morgan fingerprint density at radius 3 is 2.47 bits per heavy atom. The average Bonchev–Trinajstić information content (AvgIpc) is 3.19. The topological polar surface area (TPSA) is 56.2 Å². The van der Waals surface area contributed by atoms with Crippen LogP contribution in [0.4, 0.5) is 0 Å². The van der Waals surface area contributed by atoms with Crippen molar-refractivity contribution < 1.29 is 9.53 Å². The van der Waals surface area contributed by atoms with Crippen LogP contribution in [0.3, 0.4) is 0 Å². The van der Waals surface area contributed by atoms with Gasteiger partial charge in [-0.2, -0.15) is 0 Å². The lowest BCUT2D eigenvalue weighted by Crippen LogP contribution is -2.26. The van der Waals surface area contributed by atoms with Gasteiger partial charge in [0.25, 0.3) is 0 Å². The summed E-state index contributed by atoms with van der Waals surface area (Å²) < 4.78 is 8.29. The number of aromatic nitrogens is 2. The third-order valence-electron chi connectivity index (χ3n) is 6.12. The molecule has 4 rings (SSSR count). The van der Waals surface area contributed by atoms with Crippen LogP contribution >= 0.6 is 0 Å². The number of nitrogens with one attached hydrogen (secondary N) is 1. The molecular weight excluding hydrogens is 422 g/mol. The standard InChI is InChI=1S/C29H33N3O2/c1-22-11-3-5-13-24(22)21-29(33)30-18-9-17-28-31-25-14-6-7-15-26(25)32(28)19-10-20-34-27-16-8-4-12-23(27)2/h3-8,11-16H,9-10,17-21H2,1-2H3,(H,30,33). The molecule has 1 amide bonds. The molecule has 5 nitrogen and oxygen atoms in total. The van der Waals surface area contributed by atoms with E-state index in [1.807, 2.05) is 55.5 Å². The van der Waals surface area contributed by atoms with Crippen molar-refractivity contribution in [3.8, 4) is 5.75 Å². The number of carbonyl (C=O) groups excluding carboxylic acids is 1. The molecule has 0 saturated heterocycles. The molecule has 0 aliphatic rings. The molecular formula is C29H33N3O2. The highest BCUT2D eigenvalue weighted by Crippen LogP contribution is 2.19. The lowest BCUT2D eigenvalue weighted by molar-refractivity contribution is -0.120. The monoisotopic (exact) mass is 455 g/mol. The summed E-state index contributed by atoms with van der Waals surface area (Å²) in [6.45, 7) is 6.26. The molecule has 0 bridgehead atoms. The first-order valence-electron chi connectivity index (χ1n) is 12.1. The van der Waals surface area contributed by atoms with E-state index in [0.29, 0.717) is 19.6 Å². The zero-order chi connectivity index (χ0) is 23.8. The van der Waals surface area contributed by atoms with Gasteiger partial charge in [-0.15, -0.1) is 0 Å². The number of benzene rings is 3. The molecule has 3 aromatic carbocycles. The van der Waals surface area contributed by atoms with Gasteiger partial charge >= 0.3 is 0 Å². The van der Waals surface area contributed by atoms with E-state index in [1.54, 1.807) is 0 Å². The van der Waals surface area contributed by atoms with Gasteiger partial charge in [0.05, 0.1) is 24.1 Å². The van der Waals surface area contributed by atoms with Crippen LogP contribution in [0, 0.1) is 13.8 Å². The Morgan fingerprint density at radius 1 is 0.912 bits per heavy atom. The number of hydrogen-bond acceptors (Lipinski definition) is 3. The number of para-hydroxylation sites is 3. The molecule has 176 valence electrons. The molecule has 0 aliphatic carbocycles. The minimum Gasteiger partial charge on any atom is -0.493 e. The summed E-state index contributed by atoms with van der Waals surface area (Å²) in [5.41, 5.74) is 5.55. The minimum absolute atomic E-state index is 0.0659. The van der Waals surface area contributed by atoms with Crippen LogP contribution in [0.1, 0.15) is 35.4 Å². The molecule has 0 aliphatic heterocycles. The summed E-state index contributed by atoms with van der Waals surface area (Å²) in [7, 11) is 0. The van der Waals surface area contributed by atoms with Gasteiger partial charge in [0.1, 0.15) is 11.6 Å². The third-order valence-corrected chi connectivity index (χ3v) is 6.12. The molecule has 0 spiro atoms. The summed E-state index contributed by atoms with van der Waals surface area (Å²) in [5.74, 6) is 2.07. The van der Waals surface area contributed by atoms with E-state index >= 15 is 0 Å². The number of carbonyl (C=O) groups is 1. The van der Waals surface area contributed by atoms with Crippen LogP contribution in [-0.4, -0.2) is 28.6 Å². The number of aryl methyl sites for hydroxylation is 4. The second-order valence-electron chi connectivity index (χ2n) is 8.69. The van der Waals surface area contributed by atoms with E-state index in [4.69, 9.17) is 9.72 Å². The maximum absolute atomic E-state index is 12.4. The van der Waals surface area contributed by atoms with E-state index in [9.17, 15) is 4.79 Å². The maximum atomic E-state index is 12.4. The predicted octanol–water partition coefficient (Wildman–Crippen LogP) is 5.41. The normalized spacial score (nSPS) is 11.0. The van der Waals surface area contributed by atoms with Crippen molar-refractivity contribution in [1.29, 1.82) is 0 Å². The number of rotatable bonds is 11. The van der Waals surface area contributed by atoms with Crippen LogP contribution in [-0.2, 0) is 24.2 Å². The molecule has 4 aromatic rings. The molecule has 34 heavy (non-hydrogen) atoms. The van der Waals surface area contributed by atoms with Crippen LogP contribution in [0.15, 0.2) is 72.8 Å². The first kappa shape index (κ1) is 23.6. The molecule has 1 aromatic heterocycles. The summed E-state index contributed by atoms with van der Waals surface area (Å²) >= 11 is 0. The summed E-state index contributed by atoms with van der Waals surface area (Å²) in [6, 6.07) is 24.4. The second kappa shape index (κ2) is 11.5. The van der Waals surface area contributed by atoms with E-state index in [1.165, 1.54) is 0 Å². The quantitative estimate of drug-likeness (QED) is 0.308. The Morgan fingerprint density at radius 2 is 1.65 bits per heavy atom. The van der Waals surface area contributed by atoms with E-state index in [-0.39, 0.29) is 5.91 Å². The lowest BCUT2D eigenvalue weighted by Gasteiger charge is -2.12. The molecule has 0 radical (unpaired) electrons. The van der Waals surface area contributed by atoms with Crippen molar-refractivity contribution in [3.05, 3.63) is 95.3 Å². The Balaban J connectivity index is 1.30. The molecule has 0 atom stereocenters. The van der Waals surface area contributed by atoms with Crippen molar-refractivity contribution in [1.82, 2.24) is 14.9 Å². The second-order valence-corrected chi connectivity index (χ2v) is 8.69. The van der Waals surface area contributed by atoms with Crippen molar-refractivity contribution >= 4 is 16.9 Å². The van der Waals surface area contributed by atoms with Gasteiger partial charge in [0, 0.05) is 19.5 Å². The van der Waals surface area contributed by atoms with Gasteiger partial charge in [0.15, 0.2) is 0 Å². The van der Waals surface area contributed by atoms with Crippen LogP contribution in [0.5, 0.6) is 5.75 Å². The van der Waals surface area contributed by atoms with Gasteiger partial charge in [-0.3, -0.25) is 4.79 Å². The minimum atomic E-state index is 0.0659. The number of fused-ring (bicyclic) bond motifs is 1. The van der Waals surface area contributed by atoms with Crippen LogP contribution in [0.2, 0.25) is 0 Å². The molecule has 0 unspecified atom stereocenters. The first-order valence-corrected chi connectivity index (χ1v) is 12.1. The smallest absolute Gasteiger partial charge is 0.224 e. The fourth-order valence-electron chi connectivity index (χ4n) is 4.21. The highest BCUT2D eigenvalue weighted by molar-refractivity contribution is 5.79. The highest BCUT2D eigenvalue weighted by Gasteiger charge is 2.11.